The van der Waals surface area contributed by atoms with E-state index in [0.717, 1.165) is 76.5 Å². The number of ether oxygens (including phenoxy) is 2. The van der Waals surface area contributed by atoms with E-state index in [1.54, 1.807) is 7.11 Å². The number of methoxy groups -OCH3 is 1. The molecule has 0 saturated carbocycles. The third-order valence-corrected chi connectivity index (χ3v) is 5.05. The summed E-state index contributed by atoms with van der Waals surface area (Å²) in [7, 11) is 1.70. The number of morpholine rings is 1. The first-order valence-electron chi connectivity index (χ1n) is 9.34. The fourth-order valence-electron chi connectivity index (χ4n) is 3.37. The molecule has 1 heterocycles. The van der Waals surface area contributed by atoms with E-state index >= 15 is 0 Å². The molecule has 26 heavy (non-hydrogen) atoms. The van der Waals surface area contributed by atoms with E-state index < -0.39 is 0 Å². The maximum Gasteiger partial charge on any atom is 0.186 e. The Labute approximate surface area is 160 Å². The van der Waals surface area contributed by atoms with Gasteiger partial charge in [-0.3, -0.25) is 10.3 Å². The number of hydrazone groups is 1. The molecule has 1 aromatic rings. The molecule has 0 radical (unpaired) electrons. The summed E-state index contributed by atoms with van der Waals surface area (Å²) < 4.78 is 10.7. The fraction of sp³-hybridized carbons (Fsp3) is 0.579. The average molecular weight is 377 g/mol. The molecule has 0 bridgehead atoms. The third-order valence-electron chi connectivity index (χ3n) is 4.82. The highest BCUT2D eigenvalue weighted by Gasteiger charge is 2.16. The molecule has 1 aliphatic heterocycles. The zero-order valence-electron chi connectivity index (χ0n) is 15.4. The lowest BCUT2D eigenvalue weighted by Crippen LogP contribution is -2.39. The van der Waals surface area contributed by atoms with Crippen molar-refractivity contribution in [3.63, 3.8) is 0 Å². The van der Waals surface area contributed by atoms with Gasteiger partial charge in [0.1, 0.15) is 5.75 Å². The van der Waals surface area contributed by atoms with Crippen LogP contribution < -0.4 is 15.5 Å². The summed E-state index contributed by atoms with van der Waals surface area (Å²) in [6, 6.07) is 6.18. The molecule has 6 nitrogen and oxygen atoms in total. The van der Waals surface area contributed by atoms with Gasteiger partial charge in [-0.15, -0.1) is 0 Å². The number of hydrogen-bond acceptors (Lipinski definition) is 5. The van der Waals surface area contributed by atoms with Crippen LogP contribution in [-0.4, -0.2) is 62.2 Å². The van der Waals surface area contributed by atoms with Crippen molar-refractivity contribution in [2.45, 2.75) is 25.7 Å². The highest BCUT2D eigenvalue weighted by atomic mass is 32.1. The minimum Gasteiger partial charge on any atom is -0.497 e. The van der Waals surface area contributed by atoms with E-state index in [1.807, 2.05) is 6.07 Å². The lowest BCUT2D eigenvalue weighted by molar-refractivity contribution is 0.0376. The van der Waals surface area contributed by atoms with Gasteiger partial charge in [0.05, 0.1) is 26.0 Å². The first-order chi connectivity index (χ1) is 12.8. The summed E-state index contributed by atoms with van der Waals surface area (Å²) in [5.74, 6) is 0.899. The first-order valence-corrected chi connectivity index (χ1v) is 9.75. The van der Waals surface area contributed by atoms with Crippen LogP contribution >= 0.6 is 12.2 Å². The molecule has 7 heteroatoms. The van der Waals surface area contributed by atoms with Crippen molar-refractivity contribution in [3.05, 3.63) is 29.3 Å². The number of nitrogens with zero attached hydrogens (tertiary/aromatic N) is 2. The molecule has 2 N–H and O–H groups in total. The summed E-state index contributed by atoms with van der Waals surface area (Å²) in [4.78, 5) is 2.43. The van der Waals surface area contributed by atoms with Crippen LogP contribution in [0.1, 0.15) is 30.4 Å². The second-order valence-electron chi connectivity index (χ2n) is 6.61. The van der Waals surface area contributed by atoms with E-state index in [2.05, 4.69) is 32.9 Å². The summed E-state index contributed by atoms with van der Waals surface area (Å²) in [6.07, 6.45) is 4.18. The molecule has 0 unspecified atom stereocenters. The monoisotopic (exact) mass is 376 g/mol. The van der Waals surface area contributed by atoms with Gasteiger partial charge in [0.15, 0.2) is 5.11 Å². The molecule has 1 saturated heterocycles. The van der Waals surface area contributed by atoms with Gasteiger partial charge in [-0.1, -0.05) is 0 Å². The number of rotatable bonds is 6. The molecule has 0 atom stereocenters. The Morgan fingerprint density at radius 3 is 2.96 bits per heavy atom. The Bertz CT molecular complexity index is 644. The van der Waals surface area contributed by atoms with Crippen molar-refractivity contribution in [3.8, 4) is 5.75 Å². The number of hydrogen-bond donors (Lipinski definition) is 2. The van der Waals surface area contributed by atoms with Crippen LogP contribution in [-0.2, 0) is 11.2 Å². The van der Waals surface area contributed by atoms with Gasteiger partial charge >= 0.3 is 0 Å². The largest absolute Gasteiger partial charge is 0.497 e. The Kier molecular flexibility index (Phi) is 7.22. The lowest BCUT2D eigenvalue weighted by atomic mass is 9.90. The van der Waals surface area contributed by atoms with Crippen molar-refractivity contribution in [1.29, 1.82) is 0 Å². The molecule has 3 rings (SSSR count). The Morgan fingerprint density at radius 2 is 2.15 bits per heavy atom. The second kappa shape index (κ2) is 9.85. The topological polar surface area (TPSA) is 58.1 Å². The van der Waals surface area contributed by atoms with Gasteiger partial charge in [0.2, 0.25) is 0 Å². The van der Waals surface area contributed by atoms with Crippen LogP contribution in [0.4, 0.5) is 0 Å². The predicted molar refractivity (Wildman–Crippen MR) is 108 cm³/mol. The van der Waals surface area contributed by atoms with Gasteiger partial charge in [-0.05, 0) is 68.2 Å². The van der Waals surface area contributed by atoms with Crippen LogP contribution in [0, 0.1) is 0 Å². The maximum absolute atomic E-state index is 5.36. The first kappa shape index (κ1) is 19.1. The number of aryl methyl sites for hydroxylation is 1. The Hall–Kier alpha value is -1.70. The number of thiocarbonyl (C=S) groups is 1. The van der Waals surface area contributed by atoms with E-state index in [9.17, 15) is 0 Å². The van der Waals surface area contributed by atoms with Gasteiger partial charge in [0.25, 0.3) is 0 Å². The average Bonchev–Trinajstić information content (AvgIpc) is 2.70. The van der Waals surface area contributed by atoms with Crippen LogP contribution in [0.3, 0.4) is 0 Å². The van der Waals surface area contributed by atoms with Crippen molar-refractivity contribution in [1.82, 2.24) is 15.6 Å². The Balaban J connectivity index is 1.43. The normalized spacial score (nSPS) is 19.0. The molecular weight excluding hydrogens is 348 g/mol. The van der Waals surface area contributed by atoms with Crippen molar-refractivity contribution in [2.75, 3.05) is 46.5 Å². The smallest absolute Gasteiger partial charge is 0.186 e. The minimum absolute atomic E-state index is 0.583. The van der Waals surface area contributed by atoms with Gasteiger partial charge in [0, 0.05) is 25.2 Å². The zero-order chi connectivity index (χ0) is 18.2. The molecule has 2 aliphatic rings. The quantitative estimate of drug-likeness (QED) is 0.449. The molecule has 0 amide bonds. The molecule has 1 aliphatic carbocycles. The molecule has 1 fully saturated rings. The Morgan fingerprint density at radius 1 is 1.31 bits per heavy atom. The summed E-state index contributed by atoms with van der Waals surface area (Å²) >= 11 is 5.35. The van der Waals surface area contributed by atoms with Gasteiger partial charge in [-0.25, -0.2) is 0 Å². The molecule has 1 aromatic carbocycles. The lowest BCUT2D eigenvalue weighted by Gasteiger charge is -2.26. The summed E-state index contributed by atoms with van der Waals surface area (Å²) in [5, 5.41) is 8.37. The highest BCUT2D eigenvalue weighted by molar-refractivity contribution is 7.80. The predicted octanol–water partition coefficient (Wildman–Crippen LogP) is 1.92. The van der Waals surface area contributed by atoms with E-state index in [0.29, 0.717) is 5.11 Å². The molecule has 0 aromatic heterocycles. The van der Waals surface area contributed by atoms with Crippen molar-refractivity contribution >= 4 is 23.0 Å². The molecule has 142 valence electrons. The summed E-state index contributed by atoms with van der Waals surface area (Å²) in [5.41, 5.74) is 6.55. The second-order valence-corrected chi connectivity index (χ2v) is 7.02. The summed E-state index contributed by atoms with van der Waals surface area (Å²) in [6.45, 7) is 5.67. The van der Waals surface area contributed by atoms with E-state index in [-0.39, 0.29) is 0 Å². The fourth-order valence-corrected chi connectivity index (χ4v) is 3.52. The number of benzene rings is 1. The zero-order valence-corrected chi connectivity index (χ0v) is 16.2. The number of fused-ring (bicyclic) bond motifs is 1. The minimum atomic E-state index is 0.583. The number of nitrogens with one attached hydrogen (secondary N) is 2. The van der Waals surface area contributed by atoms with E-state index in [1.165, 1.54) is 11.1 Å². The van der Waals surface area contributed by atoms with Crippen molar-refractivity contribution < 1.29 is 9.47 Å². The van der Waals surface area contributed by atoms with Crippen molar-refractivity contribution in [2.24, 2.45) is 5.10 Å². The molecular formula is C19H28N4O2S. The van der Waals surface area contributed by atoms with Crippen LogP contribution in [0.25, 0.3) is 0 Å². The SMILES string of the molecule is COc1ccc2c(c1)CCCC2=NNC(=S)NCCCN1CCOCC1. The maximum atomic E-state index is 5.36. The highest BCUT2D eigenvalue weighted by Crippen LogP contribution is 2.25. The van der Waals surface area contributed by atoms with Crippen LogP contribution in [0.5, 0.6) is 5.75 Å². The van der Waals surface area contributed by atoms with Gasteiger partial charge < -0.3 is 14.8 Å². The van der Waals surface area contributed by atoms with E-state index in [4.69, 9.17) is 21.7 Å². The van der Waals surface area contributed by atoms with Crippen LogP contribution in [0.2, 0.25) is 0 Å². The van der Waals surface area contributed by atoms with Crippen LogP contribution in [0.15, 0.2) is 23.3 Å². The standard InChI is InChI=1S/C19H28N4O2S/c1-24-16-6-7-17-15(14-16)4-2-5-18(17)21-22-19(26)20-8-3-9-23-10-12-25-13-11-23/h6-7,14H,2-5,8-13H2,1H3,(H2,20,22,26). The van der Waals surface area contributed by atoms with Gasteiger partial charge in [-0.2, -0.15) is 5.10 Å². The molecule has 0 spiro atoms. The third kappa shape index (κ3) is 5.40.